The molecule has 0 aromatic carbocycles. The van der Waals surface area contributed by atoms with E-state index in [-0.39, 0.29) is 12.2 Å². The molecule has 5 atom stereocenters. The number of carbonyl (C=O) groups excluding carboxylic acids is 1. The van der Waals surface area contributed by atoms with Gasteiger partial charge in [0.1, 0.15) is 29.4 Å². The van der Waals surface area contributed by atoms with Crippen LogP contribution in [0.1, 0.15) is 25.3 Å². The normalized spacial score (nSPS) is 26.2. The van der Waals surface area contributed by atoms with E-state index >= 15 is 0 Å². The first-order chi connectivity index (χ1) is 14.9. The van der Waals surface area contributed by atoms with E-state index in [2.05, 4.69) is 15.0 Å². The third-order valence-electron chi connectivity index (χ3n) is 5.06. The smallest absolute Gasteiger partial charge is 0.216 e. The van der Waals surface area contributed by atoms with E-state index in [1.807, 2.05) is 12.1 Å². The van der Waals surface area contributed by atoms with Gasteiger partial charge < -0.3 is 25.2 Å². The summed E-state index contributed by atoms with van der Waals surface area (Å²) in [6.07, 6.45) is -1.08. The van der Waals surface area contributed by atoms with Crippen LogP contribution in [0.2, 0.25) is 0 Å². The van der Waals surface area contributed by atoms with E-state index < -0.39 is 37.1 Å². The molecule has 0 bridgehead atoms. The molecular weight excluding hydrogens is 442 g/mol. The minimum absolute atomic E-state index is 0.127. The maximum atomic E-state index is 13.0. The summed E-state index contributed by atoms with van der Waals surface area (Å²) < 4.78 is 5.52. The van der Waals surface area contributed by atoms with E-state index in [1.54, 1.807) is 19.3 Å². The van der Waals surface area contributed by atoms with Crippen LogP contribution >= 0.6 is 22.7 Å². The predicted octanol–water partition coefficient (Wildman–Crippen LogP) is 0.586. The molecule has 1 aliphatic rings. The van der Waals surface area contributed by atoms with Crippen LogP contribution in [0.5, 0.6) is 0 Å². The molecule has 9 nitrogen and oxygen atoms in total. The molecule has 3 aromatic rings. The van der Waals surface area contributed by atoms with Gasteiger partial charge >= 0.3 is 0 Å². The maximum absolute atomic E-state index is 13.0. The van der Waals surface area contributed by atoms with Crippen molar-refractivity contribution in [2.24, 2.45) is 0 Å². The zero-order valence-corrected chi connectivity index (χ0v) is 18.1. The molecule has 0 aliphatic carbocycles. The molecule has 3 aromatic heterocycles. The lowest BCUT2D eigenvalue weighted by Crippen LogP contribution is -2.58. The minimum atomic E-state index is -1.44. The molecular formula is C20H21N3O6S2. The van der Waals surface area contributed by atoms with Gasteiger partial charge in [0.15, 0.2) is 0 Å². The van der Waals surface area contributed by atoms with E-state index in [9.17, 15) is 25.2 Å². The van der Waals surface area contributed by atoms with Gasteiger partial charge in [-0.1, -0.05) is 0 Å². The first kappa shape index (κ1) is 22.1. The van der Waals surface area contributed by atoms with Crippen molar-refractivity contribution in [3.8, 4) is 10.6 Å². The highest BCUT2D eigenvalue weighted by Gasteiger charge is 2.43. The maximum Gasteiger partial charge on any atom is 0.216 e. The number of aryl methyl sites for hydroxylation is 1. The molecule has 1 aliphatic heterocycles. The Morgan fingerprint density at radius 2 is 1.90 bits per heavy atom. The lowest BCUT2D eigenvalue weighted by molar-refractivity contribution is -0.228. The minimum Gasteiger partial charge on any atom is -0.394 e. The Morgan fingerprint density at radius 3 is 2.61 bits per heavy atom. The highest BCUT2D eigenvalue weighted by molar-refractivity contribution is 7.19. The van der Waals surface area contributed by atoms with Crippen molar-refractivity contribution < 1.29 is 30.0 Å². The van der Waals surface area contributed by atoms with Gasteiger partial charge in [0.05, 0.1) is 33.2 Å². The first-order valence-electron chi connectivity index (χ1n) is 9.56. The molecule has 0 spiro atoms. The number of ether oxygens (including phenoxy) is 1. The highest BCUT2D eigenvalue weighted by atomic mass is 32.1. The van der Waals surface area contributed by atoms with Crippen LogP contribution in [0.4, 0.5) is 0 Å². The number of ketones is 1. The van der Waals surface area contributed by atoms with Gasteiger partial charge in [-0.15, -0.1) is 22.7 Å². The van der Waals surface area contributed by atoms with Gasteiger partial charge in [-0.3, -0.25) is 9.78 Å². The summed E-state index contributed by atoms with van der Waals surface area (Å²) in [4.78, 5) is 26.8. The van der Waals surface area contributed by atoms with Gasteiger partial charge in [0.25, 0.3) is 0 Å². The van der Waals surface area contributed by atoms with Crippen LogP contribution in [-0.2, 0) is 11.2 Å². The molecule has 4 heterocycles. The Bertz CT molecular complexity index is 1050. The summed E-state index contributed by atoms with van der Waals surface area (Å²) in [6.45, 7) is 1.28. The average Bonchev–Trinajstić information content (AvgIpc) is 3.41. The Morgan fingerprint density at radius 1 is 1.13 bits per heavy atom. The van der Waals surface area contributed by atoms with Crippen LogP contribution in [0, 0.1) is 6.92 Å². The second kappa shape index (κ2) is 9.17. The predicted molar refractivity (Wildman–Crippen MR) is 113 cm³/mol. The molecule has 0 saturated carbocycles. The number of pyridine rings is 1. The van der Waals surface area contributed by atoms with Crippen molar-refractivity contribution in [1.82, 2.24) is 15.0 Å². The number of hydrogen-bond donors (Lipinski definition) is 4. The fourth-order valence-electron chi connectivity index (χ4n) is 3.36. The second-order valence-corrected chi connectivity index (χ2v) is 9.31. The lowest BCUT2D eigenvalue weighted by atomic mass is 9.94. The largest absolute Gasteiger partial charge is 0.394 e. The van der Waals surface area contributed by atoms with Crippen molar-refractivity contribution in [3.05, 3.63) is 51.2 Å². The van der Waals surface area contributed by atoms with Crippen LogP contribution < -0.4 is 0 Å². The summed E-state index contributed by atoms with van der Waals surface area (Å²) in [5.74, 6) is -0.192. The summed E-state index contributed by atoms with van der Waals surface area (Å²) in [7, 11) is 0. The topological polar surface area (TPSA) is 146 Å². The molecule has 4 N–H and O–H groups in total. The number of thiazole rings is 2. The number of rotatable bonds is 6. The third-order valence-corrected chi connectivity index (χ3v) is 7.28. The molecule has 1 saturated heterocycles. The zero-order valence-electron chi connectivity index (χ0n) is 16.5. The number of aliphatic hydroxyl groups is 4. The molecule has 0 unspecified atom stereocenters. The lowest BCUT2D eigenvalue weighted by Gasteiger charge is -2.39. The number of aliphatic hydroxyl groups excluding tert-OH is 4. The van der Waals surface area contributed by atoms with E-state index in [0.29, 0.717) is 25.5 Å². The van der Waals surface area contributed by atoms with Crippen molar-refractivity contribution in [3.63, 3.8) is 0 Å². The monoisotopic (exact) mass is 463 g/mol. The fourth-order valence-corrected chi connectivity index (χ4v) is 5.34. The van der Waals surface area contributed by atoms with E-state index in [4.69, 9.17) is 4.74 Å². The first-order valence-corrected chi connectivity index (χ1v) is 11.2. The molecule has 11 heteroatoms. The van der Waals surface area contributed by atoms with Crippen molar-refractivity contribution in [1.29, 1.82) is 0 Å². The molecule has 1 fully saturated rings. The average molecular weight is 464 g/mol. The SMILES string of the molecule is Cc1nc(-c2cccnc2)sc1C(=O)c1cnc(C[C@H]2O[C@H](CO)[C@@H](O)[C@H](O)[C@@H]2O)s1. The third kappa shape index (κ3) is 4.44. The van der Waals surface area contributed by atoms with Gasteiger partial charge in [0, 0.05) is 30.6 Å². The van der Waals surface area contributed by atoms with E-state index in [0.717, 1.165) is 16.9 Å². The van der Waals surface area contributed by atoms with Crippen molar-refractivity contribution in [2.75, 3.05) is 6.61 Å². The van der Waals surface area contributed by atoms with Crippen LogP contribution in [0.25, 0.3) is 10.6 Å². The second-order valence-electron chi connectivity index (χ2n) is 7.19. The Hall–Kier alpha value is -2.12. The number of aromatic nitrogens is 3. The van der Waals surface area contributed by atoms with Gasteiger partial charge in [-0.2, -0.15) is 0 Å². The molecule has 0 amide bonds. The number of carbonyl (C=O) groups is 1. The van der Waals surface area contributed by atoms with Gasteiger partial charge in [0.2, 0.25) is 5.78 Å². The molecule has 4 rings (SSSR count). The van der Waals surface area contributed by atoms with Gasteiger partial charge in [-0.05, 0) is 19.1 Å². The molecule has 164 valence electrons. The molecule has 0 radical (unpaired) electrons. The fraction of sp³-hybridized carbons (Fsp3) is 0.400. The van der Waals surface area contributed by atoms with Crippen LogP contribution in [0.3, 0.4) is 0 Å². The summed E-state index contributed by atoms with van der Waals surface area (Å²) in [5, 5.41) is 40.6. The van der Waals surface area contributed by atoms with Crippen molar-refractivity contribution in [2.45, 2.75) is 43.9 Å². The number of hydrogen-bond acceptors (Lipinski definition) is 11. The quantitative estimate of drug-likeness (QED) is 0.386. The summed E-state index contributed by atoms with van der Waals surface area (Å²) in [6, 6.07) is 3.69. The van der Waals surface area contributed by atoms with Crippen LogP contribution in [0.15, 0.2) is 30.7 Å². The summed E-state index contributed by atoms with van der Waals surface area (Å²) in [5.41, 5.74) is 1.46. The Kier molecular flexibility index (Phi) is 6.53. The Labute approximate surface area is 185 Å². The van der Waals surface area contributed by atoms with Crippen LogP contribution in [-0.4, -0.2) is 78.3 Å². The number of nitrogens with zero attached hydrogens (tertiary/aromatic N) is 3. The Balaban J connectivity index is 1.50. The van der Waals surface area contributed by atoms with Gasteiger partial charge in [-0.25, -0.2) is 9.97 Å². The zero-order chi connectivity index (χ0) is 22.1. The van der Waals surface area contributed by atoms with E-state index in [1.165, 1.54) is 17.5 Å². The summed E-state index contributed by atoms with van der Waals surface area (Å²) >= 11 is 2.45. The standard InChI is InChI=1S/C20H21N3O6S2/c1-9-19(31-20(23-9)10-3-2-4-21-6-10)17(27)13-7-22-14(30-13)5-11-15(25)18(28)16(26)12(8-24)29-11/h2-4,6-7,11-12,15-16,18,24-26,28H,5,8H2,1H3/t11-,12-,15-,16-,18-/m1/s1. The highest BCUT2D eigenvalue weighted by Crippen LogP contribution is 2.31. The van der Waals surface area contributed by atoms with Crippen molar-refractivity contribution >= 4 is 28.5 Å². The molecule has 31 heavy (non-hydrogen) atoms.